The summed E-state index contributed by atoms with van der Waals surface area (Å²) in [7, 11) is 0. The minimum atomic E-state index is 0.843. The third-order valence-corrected chi connectivity index (χ3v) is 4.34. The predicted octanol–water partition coefficient (Wildman–Crippen LogP) is 6.90. The number of allylic oxidation sites excluding steroid dienone is 9. The highest BCUT2D eigenvalue weighted by Crippen LogP contribution is 2.19. The molecule has 0 bridgehead atoms. The monoisotopic (exact) mass is 372 g/mol. The van der Waals surface area contributed by atoms with Crippen molar-refractivity contribution in [2.75, 3.05) is 0 Å². The Morgan fingerprint density at radius 2 is 1.50 bits per heavy atom. The average Bonchev–Trinajstić information content (AvgIpc) is 2.57. The molecule has 126 valence electrons. The van der Waals surface area contributed by atoms with Gasteiger partial charge in [0, 0.05) is 4.91 Å². The zero-order valence-corrected chi connectivity index (χ0v) is 17.2. The Balaban J connectivity index is 0.000000180. The lowest BCUT2D eigenvalue weighted by atomic mass is 10.1. The zero-order valence-electron chi connectivity index (χ0n) is 14.5. The minimum absolute atomic E-state index is 0.843. The van der Waals surface area contributed by atoms with Crippen LogP contribution in [0.2, 0.25) is 0 Å². The molecule has 0 amide bonds. The van der Waals surface area contributed by atoms with Gasteiger partial charge in [0.25, 0.3) is 0 Å². The van der Waals surface area contributed by atoms with E-state index < -0.39 is 0 Å². The van der Waals surface area contributed by atoms with E-state index in [1.807, 2.05) is 19.1 Å². The van der Waals surface area contributed by atoms with Gasteiger partial charge in [-0.2, -0.15) is 0 Å². The Kier molecular flexibility index (Phi) is 9.96. The minimum Gasteiger partial charge on any atom is -0.148 e. The Labute approximate surface area is 162 Å². The highest BCUT2D eigenvalue weighted by Gasteiger charge is 1.96. The molecule has 3 heteroatoms. The summed E-state index contributed by atoms with van der Waals surface area (Å²) in [5, 5.41) is 0. The van der Waals surface area contributed by atoms with Crippen molar-refractivity contribution < 1.29 is 0 Å². The topological polar surface area (TPSA) is 0 Å². The molecule has 0 saturated carbocycles. The summed E-state index contributed by atoms with van der Waals surface area (Å²) >= 11 is 12.4. The van der Waals surface area contributed by atoms with Gasteiger partial charge in [0.1, 0.15) is 0 Å². The zero-order chi connectivity index (χ0) is 17.9. The molecule has 3 aliphatic carbocycles. The molecule has 24 heavy (non-hydrogen) atoms. The molecule has 0 N–H and O–H groups in total. The first-order chi connectivity index (χ1) is 11.4. The van der Waals surface area contributed by atoms with Crippen molar-refractivity contribution in [3.63, 3.8) is 0 Å². The number of rotatable bonds is 0. The first-order valence-corrected chi connectivity index (χ1v) is 9.25. The fourth-order valence-corrected chi connectivity index (χ4v) is 2.27. The van der Waals surface area contributed by atoms with Crippen LogP contribution in [0, 0.1) is 0 Å². The van der Waals surface area contributed by atoms with Crippen LogP contribution in [0.15, 0.2) is 78.7 Å². The lowest BCUT2D eigenvalue weighted by Gasteiger charge is -2.04. The largest absolute Gasteiger partial charge is 0.148 e. The first-order valence-electron chi connectivity index (χ1n) is 7.91. The maximum absolute atomic E-state index is 4.22. The van der Waals surface area contributed by atoms with Crippen molar-refractivity contribution >= 4 is 37.9 Å². The van der Waals surface area contributed by atoms with Gasteiger partial charge >= 0.3 is 0 Å². The second-order valence-electron chi connectivity index (χ2n) is 5.80. The molecule has 0 nitrogen and oxygen atoms in total. The van der Waals surface area contributed by atoms with Crippen LogP contribution in [0.3, 0.4) is 0 Å². The predicted molar refractivity (Wildman–Crippen MR) is 116 cm³/mol. The molecule has 0 aromatic rings. The maximum Gasteiger partial charge on any atom is 0.0546 e. The van der Waals surface area contributed by atoms with E-state index in [9.17, 15) is 0 Å². The summed E-state index contributed by atoms with van der Waals surface area (Å²) < 4.78 is 0. The van der Waals surface area contributed by atoms with Crippen LogP contribution in [0.5, 0.6) is 0 Å². The molecule has 0 atom stereocenters. The molecule has 0 fully saturated rings. The van der Waals surface area contributed by atoms with Crippen LogP contribution < -0.4 is 0 Å². The average molecular weight is 373 g/mol. The second kappa shape index (κ2) is 11.4. The van der Waals surface area contributed by atoms with E-state index in [-0.39, 0.29) is 0 Å². The third-order valence-electron chi connectivity index (χ3n) is 3.37. The SMILES string of the molecule is CC1=C=C=C(S)C=C1.CC1=C=C=C(S)CC1.CC1=CC=C(S)CC1. The van der Waals surface area contributed by atoms with E-state index in [1.54, 1.807) is 0 Å². The van der Waals surface area contributed by atoms with Gasteiger partial charge in [0.2, 0.25) is 0 Å². The summed E-state index contributed by atoms with van der Waals surface area (Å²) in [6.07, 6.45) is 12.5. The van der Waals surface area contributed by atoms with Crippen molar-refractivity contribution in [1.29, 1.82) is 0 Å². The van der Waals surface area contributed by atoms with Crippen LogP contribution in [-0.2, 0) is 0 Å². The van der Waals surface area contributed by atoms with E-state index in [0.717, 1.165) is 34.6 Å². The van der Waals surface area contributed by atoms with Gasteiger partial charge in [-0.05, 0) is 74.7 Å². The molecular weight excluding hydrogens is 348 g/mol. The fourth-order valence-electron chi connectivity index (χ4n) is 1.79. The van der Waals surface area contributed by atoms with Gasteiger partial charge < -0.3 is 0 Å². The summed E-state index contributed by atoms with van der Waals surface area (Å²) in [5.74, 6) is 0. The molecule has 0 radical (unpaired) electrons. The Morgan fingerprint density at radius 1 is 0.750 bits per heavy atom. The van der Waals surface area contributed by atoms with Gasteiger partial charge in [-0.3, -0.25) is 0 Å². The molecule has 0 saturated heterocycles. The van der Waals surface area contributed by atoms with Crippen molar-refractivity contribution in [2.24, 2.45) is 0 Å². The lowest BCUT2D eigenvalue weighted by molar-refractivity contribution is 0.951. The highest BCUT2D eigenvalue weighted by molar-refractivity contribution is 7.85. The summed E-state index contributed by atoms with van der Waals surface area (Å²) in [5.41, 5.74) is 15.5. The first kappa shape index (κ1) is 20.9. The summed E-state index contributed by atoms with van der Waals surface area (Å²) in [4.78, 5) is 3.07. The van der Waals surface area contributed by atoms with E-state index in [1.165, 1.54) is 22.5 Å². The fraction of sp³-hybridized carbons (Fsp3) is 0.333. The number of hydrogen-bond donors (Lipinski definition) is 3. The van der Waals surface area contributed by atoms with Crippen LogP contribution in [0.25, 0.3) is 0 Å². The molecule has 3 aliphatic rings. The number of hydrogen-bond acceptors (Lipinski definition) is 3. The van der Waals surface area contributed by atoms with E-state index >= 15 is 0 Å². The van der Waals surface area contributed by atoms with Crippen molar-refractivity contribution in [2.45, 2.75) is 46.5 Å². The van der Waals surface area contributed by atoms with E-state index in [4.69, 9.17) is 0 Å². The second-order valence-corrected chi connectivity index (χ2v) is 7.40. The molecule has 0 unspecified atom stereocenters. The van der Waals surface area contributed by atoms with Crippen LogP contribution in [0.4, 0.5) is 0 Å². The van der Waals surface area contributed by atoms with Crippen molar-refractivity contribution in [3.8, 4) is 0 Å². The summed E-state index contributed by atoms with van der Waals surface area (Å²) in [6.45, 7) is 6.19. The summed E-state index contributed by atoms with van der Waals surface area (Å²) in [6, 6.07) is 0. The lowest BCUT2D eigenvalue weighted by Crippen LogP contribution is -1.83. The molecule has 0 aromatic heterocycles. The molecule has 0 aliphatic heterocycles. The van der Waals surface area contributed by atoms with E-state index in [2.05, 4.69) is 86.8 Å². The Morgan fingerprint density at radius 3 is 1.88 bits per heavy atom. The standard InChI is InChI=1S/C7H10S.C7H8S.C7H6S/c3*1-6-2-4-7(8)5-3-6/h2,4,8H,3,5H2,1H3;8H,2,4H2,1H3;2,4,8H,1H3. The number of thiol groups is 3. The van der Waals surface area contributed by atoms with Crippen LogP contribution >= 0.6 is 37.9 Å². The smallest absolute Gasteiger partial charge is 0.0546 e. The van der Waals surface area contributed by atoms with Gasteiger partial charge in [-0.15, -0.1) is 37.9 Å². The molecule has 0 heterocycles. The Hall–Kier alpha value is -1.13. The maximum atomic E-state index is 4.22. The van der Waals surface area contributed by atoms with Crippen molar-refractivity contribution in [1.82, 2.24) is 0 Å². The van der Waals surface area contributed by atoms with Crippen LogP contribution in [-0.4, -0.2) is 0 Å². The van der Waals surface area contributed by atoms with E-state index in [0.29, 0.717) is 0 Å². The molecule has 0 spiro atoms. The normalized spacial score (nSPS) is 17.8. The van der Waals surface area contributed by atoms with Gasteiger partial charge in [-0.1, -0.05) is 40.7 Å². The molecule has 3 rings (SSSR count). The van der Waals surface area contributed by atoms with Gasteiger partial charge in [0.05, 0.1) is 4.91 Å². The third kappa shape index (κ3) is 9.89. The van der Waals surface area contributed by atoms with Crippen molar-refractivity contribution in [3.05, 3.63) is 78.7 Å². The van der Waals surface area contributed by atoms with Gasteiger partial charge in [0.15, 0.2) is 0 Å². The van der Waals surface area contributed by atoms with Crippen LogP contribution in [0.1, 0.15) is 46.5 Å². The molecular formula is C21H24S3. The quantitative estimate of drug-likeness (QED) is 0.299. The molecule has 0 aromatic carbocycles. The van der Waals surface area contributed by atoms with Gasteiger partial charge in [-0.25, -0.2) is 0 Å². The highest BCUT2D eigenvalue weighted by atomic mass is 32.1. The Bertz CT molecular complexity index is 696.